The number of aryl methyl sites for hydroxylation is 2. The summed E-state index contributed by atoms with van der Waals surface area (Å²) in [4.78, 5) is 16.0. The minimum absolute atomic E-state index is 0.0225. The molecule has 3 nitrogen and oxygen atoms in total. The molecule has 27 heavy (non-hydrogen) atoms. The van der Waals surface area contributed by atoms with Crippen molar-refractivity contribution in [3.05, 3.63) is 70.8 Å². The number of rotatable bonds is 4. The Hall–Kier alpha value is -2.13. The van der Waals surface area contributed by atoms with Gasteiger partial charge in [-0.3, -0.25) is 9.69 Å². The van der Waals surface area contributed by atoms with Gasteiger partial charge in [0.05, 0.1) is 5.54 Å². The molecule has 1 unspecified atom stereocenters. The molecule has 142 valence electrons. The van der Waals surface area contributed by atoms with Crippen LogP contribution in [0.25, 0.3) is 0 Å². The van der Waals surface area contributed by atoms with Crippen LogP contribution in [-0.4, -0.2) is 29.4 Å². The second kappa shape index (κ2) is 6.49. The number of nitrogens with one attached hydrogen (secondary N) is 1. The van der Waals surface area contributed by atoms with Crippen molar-refractivity contribution >= 4 is 5.91 Å². The predicted octanol–water partition coefficient (Wildman–Crippen LogP) is 4.58. The predicted molar refractivity (Wildman–Crippen MR) is 110 cm³/mol. The van der Waals surface area contributed by atoms with Gasteiger partial charge in [0.1, 0.15) is 0 Å². The van der Waals surface area contributed by atoms with Crippen LogP contribution in [0.15, 0.2) is 48.5 Å². The van der Waals surface area contributed by atoms with Crippen LogP contribution in [0.1, 0.15) is 59.7 Å². The van der Waals surface area contributed by atoms with Gasteiger partial charge in [-0.2, -0.15) is 0 Å². The molecule has 0 spiro atoms. The molecule has 2 heterocycles. The molecule has 3 heteroatoms. The third-order valence-corrected chi connectivity index (χ3v) is 7.36. The van der Waals surface area contributed by atoms with Gasteiger partial charge in [0.15, 0.2) is 0 Å². The van der Waals surface area contributed by atoms with Crippen LogP contribution in [0.5, 0.6) is 0 Å². The Morgan fingerprint density at radius 3 is 2.15 bits per heavy atom. The number of hydrogen-bond donors (Lipinski definition) is 1. The molecule has 2 aromatic carbocycles. The molecule has 1 atom stereocenters. The summed E-state index contributed by atoms with van der Waals surface area (Å²) in [7, 11) is 2.25. The van der Waals surface area contributed by atoms with Gasteiger partial charge in [0, 0.05) is 17.1 Å². The Morgan fingerprint density at radius 2 is 1.63 bits per heavy atom. The van der Waals surface area contributed by atoms with Gasteiger partial charge in [0.25, 0.3) is 5.91 Å². The lowest BCUT2D eigenvalue weighted by Crippen LogP contribution is -2.63. The standard InChI is InChI=1S/C24H30N2O/c1-17-9-8-10-18(2)21(17)22(27)25-23(3,19-11-6-5-7-12-19)24-15-13-20(14-16-24)26(24)4/h5-12,20H,13-16H2,1-4H3,(H,25,27). The van der Waals surface area contributed by atoms with Gasteiger partial charge in [-0.15, -0.1) is 0 Å². The van der Waals surface area contributed by atoms with Gasteiger partial charge in [-0.25, -0.2) is 0 Å². The fraction of sp³-hybridized carbons (Fsp3) is 0.458. The number of amides is 1. The Morgan fingerprint density at radius 1 is 1.04 bits per heavy atom. The lowest BCUT2D eigenvalue weighted by Gasteiger charge is -2.49. The van der Waals surface area contributed by atoms with E-state index in [0.29, 0.717) is 6.04 Å². The first-order valence-corrected chi connectivity index (χ1v) is 10.1. The second-order valence-corrected chi connectivity index (χ2v) is 8.59. The quantitative estimate of drug-likeness (QED) is 0.864. The van der Waals surface area contributed by atoms with E-state index < -0.39 is 5.54 Å². The zero-order valence-corrected chi connectivity index (χ0v) is 16.9. The molecule has 0 saturated carbocycles. The van der Waals surface area contributed by atoms with E-state index in [4.69, 9.17) is 0 Å². The van der Waals surface area contributed by atoms with E-state index in [-0.39, 0.29) is 11.4 Å². The average molecular weight is 363 g/mol. The van der Waals surface area contributed by atoms with Crippen LogP contribution in [0.4, 0.5) is 0 Å². The molecule has 2 bridgehead atoms. The zero-order chi connectivity index (χ0) is 19.2. The summed E-state index contributed by atoms with van der Waals surface area (Å²) in [6, 6.07) is 17.2. The third-order valence-electron chi connectivity index (χ3n) is 7.36. The van der Waals surface area contributed by atoms with Crippen molar-refractivity contribution in [1.82, 2.24) is 10.2 Å². The van der Waals surface area contributed by atoms with E-state index >= 15 is 0 Å². The van der Waals surface area contributed by atoms with Gasteiger partial charge >= 0.3 is 0 Å². The minimum atomic E-state index is -0.430. The fourth-order valence-electron chi connectivity index (χ4n) is 5.71. The van der Waals surface area contributed by atoms with Crippen molar-refractivity contribution in [2.45, 2.75) is 63.6 Å². The highest BCUT2D eigenvalue weighted by atomic mass is 16.1. The second-order valence-electron chi connectivity index (χ2n) is 8.59. The van der Waals surface area contributed by atoms with Gasteiger partial charge in [0.2, 0.25) is 0 Å². The van der Waals surface area contributed by atoms with E-state index in [2.05, 4.69) is 48.5 Å². The number of benzene rings is 2. The van der Waals surface area contributed by atoms with E-state index in [1.165, 1.54) is 18.4 Å². The number of carbonyl (C=O) groups excluding carboxylic acids is 1. The summed E-state index contributed by atoms with van der Waals surface area (Å²) < 4.78 is 0. The summed E-state index contributed by atoms with van der Waals surface area (Å²) in [5, 5.41) is 3.52. The molecule has 2 aromatic rings. The topological polar surface area (TPSA) is 32.3 Å². The molecule has 2 aliphatic heterocycles. The molecule has 0 aromatic heterocycles. The monoisotopic (exact) mass is 362 g/mol. The van der Waals surface area contributed by atoms with E-state index in [1.54, 1.807) is 0 Å². The average Bonchev–Trinajstić information content (AvgIpc) is 3.16. The Labute approximate surface area is 162 Å². The first-order chi connectivity index (χ1) is 12.9. The number of fused-ring (bicyclic) bond motifs is 2. The van der Waals surface area contributed by atoms with E-state index in [1.807, 2.05) is 38.1 Å². The third kappa shape index (κ3) is 2.63. The highest BCUT2D eigenvalue weighted by Gasteiger charge is 2.60. The molecular weight excluding hydrogens is 332 g/mol. The van der Waals surface area contributed by atoms with Crippen molar-refractivity contribution in [2.24, 2.45) is 0 Å². The fourth-order valence-corrected chi connectivity index (χ4v) is 5.71. The van der Waals surface area contributed by atoms with Crippen LogP contribution in [-0.2, 0) is 5.54 Å². The number of carbonyl (C=O) groups is 1. The summed E-state index contributed by atoms with van der Waals surface area (Å²) in [6.07, 6.45) is 4.70. The zero-order valence-electron chi connectivity index (χ0n) is 16.9. The molecule has 0 aliphatic carbocycles. The summed E-state index contributed by atoms with van der Waals surface area (Å²) in [6.45, 7) is 6.28. The maximum absolute atomic E-state index is 13.5. The maximum atomic E-state index is 13.5. The normalized spacial score (nSPS) is 26.7. The molecular formula is C24H30N2O. The highest BCUT2D eigenvalue weighted by Crippen LogP contribution is 2.54. The summed E-state index contributed by atoms with van der Waals surface area (Å²) in [5.74, 6) is 0.0371. The Kier molecular flexibility index (Phi) is 4.38. The number of likely N-dealkylation sites (N-methyl/N-ethyl adjacent to an activating group) is 1. The van der Waals surface area contributed by atoms with Crippen molar-refractivity contribution in [3.63, 3.8) is 0 Å². The molecule has 0 radical (unpaired) electrons. The smallest absolute Gasteiger partial charge is 0.252 e. The molecule has 1 N–H and O–H groups in total. The Balaban J connectivity index is 1.79. The van der Waals surface area contributed by atoms with E-state index in [9.17, 15) is 4.79 Å². The largest absolute Gasteiger partial charge is 0.341 e. The maximum Gasteiger partial charge on any atom is 0.252 e. The van der Waals surface area contributed by atoms with Crippen molar-refractivity contribution in [1.29, 1.82) is 0 Å². The van der Waals surface area contributed by atoms with Crippen LogP contribution in [0.3, 0.4) is 0 Å². The first kappa shape index (κ1) is 18.2. The molecule has 4 rings (SSSR count). The number of hydrogen-bond acceptors (Lipinski definition) is 2. The Bertz CT molecular complexity index is 832. The van der Waals surface area contributed by atoms with Crippen LogP contribution >= 0.6 is 0 Å². The number of nitrogens with zero attached hydrogens (tertiary/aromatic N) is 1. The summed E-state index contributed by atoms with van der Waals surface area (Å²) in [5.41, 5.74) is 3.62. The molecule has 2 fully saturated rings. The SMILES string of the molecule is Cc1cccc(C)c1C(=O)NC(C)(c1ccccc1)C12CCC(CC1)N2C. The van der Waals surface area contributed by atoms with Gasteiger partial charge < -0.3 is 5.32 Å². The lowest BCUT2D eigenvalue weighted by molar-refractivity contribution is 0.0552. The van der Waals surface area contributed by atoms with Crippen molar-refractivity contribution in [3.8, 4) is 0 Å². The van der Waals surface area contributed by atoms with Crippen molar-refractivity contribution < 1.29 is 4.79 Å². The van der Waals surface area contributed by atoms with E-state index in [0.717, 1.165) is 29.5 Å². The molecule has 2 saturated heterocycles. The highest BCUT2D eigenvalue weighted by molar-refractivity contribution is 5.97. The van der Waals surface area contributed by atoms with Crippen LogP contribution in [0.2, 0.25) is 0 Å². The van der Waals surface area contributed by atoms with Gasteiger partial charge in [-0.1, -0.05) is 48.5 Å². The van der Waals surface area contributed by atoms with Crippen LogP contribution < -0.4 is 5.32 Å². The van der Waals surface area contributed by atoms with Crippen molar-refractivity contribution in [2.75, 3.05) is 7.05 Å². The summed E-state index contributed by atoms with van der Waals surface area (Å²) >= 11 is 0. The van der Waals surface area contributed by atoms with Crippen LogP contribution in [0, 0.1) is 13.8 Å². The minimum Gasteiger partial charge on any atom is -0.341 e. The lowest BCUT2D eigenvalue weighted by atomic mass is 9.68. The molecule has 1 amide bonds. The van der Waals surface area contributed by atoms with Gasteiger partial charge in [-0.05, 0) is 70.2 Å². The molecule has 2 aliphatic rings. The first-order valence-electron chi connectivity index (χ1n) is 10.1.